The minimum Gasteiger partial charge on any atom is -0.372 e. The molecule has 0 bridgehead atoms. The van der Waals surface area contributed by atoms with Crippen LogP contribution in [0.4, 0.5) is 0 Å². The summed E-state index contributed by atoms with van der Waals surface area (Å²) in [4.78, 5) is 23.9. The molecule has 0 aromatic carbocycles. The minimum absolute atomic E-state index is 0.114. The summed E-state index contributed by atoms with van der Waals surface area (Å²) in [7, 11) is -1.26. The number of unbranched alkanes of at least 4 members (excludes halogenated alkanes) is 1. The smallest absolute Gasteiger partial charge is 0.330 e. The fourth-order valence-corrected chi connectivity index (χ4v) is 5.08. The van der Waals surface area contributed by atoms with Crippen LogP contribution in [0.3, 0.4) is 0 Å². The minimum atomic E-state index is -3.99. The second-order valence-electron chi connectivity index (χ2n) is 7.35. The Hall–Kier alpha value is -1.45. The van der Waals surface area contributed by atoms with E-state index in [1.807, 2.05) is 0 Å². The average Bonchev–Trinajstić information content (AvgIpc) is 3.46. The zero-order valence-corrected chi connectivity index (χ0v) is 16.4. The Morgan fingerprint density at radius 3 is 2.50 bits per heavy atom. The lowest BCUT2D eigenvalue weighted by atomic mass is 10.1. The van der Waals surface area contributed by atoms with Gasteiger partial charge >= 0.3 is 5.69 Å². The Bertz CT molecular complexity index is 885. The molecule has 2 heterocycles. The zero-order chi connectivity index (χ0) is 19.1. The highest BCUT2D eigenvalue weighted by molar-refractivity contribution is 7.89. The molecule has 0 unspecified atom stereocenters. The maximum absolute atomic E-state index is 13.2. The molecule has 8 nitrogen and oxygen atoms in total. The molecule has 0 radical (unpaired) electrons. The predicted octanol–water partition coefficient (Wildman–Crippen LogP) is 0.442. The van der Waals surface area contributed by atoms with Crippen molar-refractivity contribution in [2.45, 2.75) is 56.1 Å². The van der Waals surface area contributed by atoms with Gasteiger partial charge in [-0.3, -0.25) is 9.36 Å². The molecule has 2 fully saturated rings. The number of sulfonamides is 1. The summed E-state index contributed by atoms with van der Waals surface area (Å²) < 4.78 is 35.8. The van der Waals surface area contributed by atoms with Gasteiger partial charge in [-0.05, 0) is 25.2 Å². The van der Waals surface area contributed by atoms with Crippen molar-refractivity contribution in [3.8, 4) is 0 Å². The third kappa shape index (κ3) is 3.65. The van der Waals surface area contributed by atoms with E-state index in [0.29, 0.717) is 5.92 Å². The van der Waals surface area contributed by atoms with Gasteiger partial charge in [0.25, 0.3) is 5.56 Å². The van der Waals surface area contributed by atoms with Gasteiger partial charge in [-0.1, -0.05) is 19.8 Å². The topological polar surface area (TPSA) is 90.6 Å². The van der Waals surface area contributed by atoms with Crippen molar-refractivity contribution in [3.63, 3.8) is 0 Å². The number of hydrogen-bond acceptors (Lipinski definition) is 5. The third-order valence-electron chi connectivity index (χ3n) is 5.22. The van der Waals surface area contributed by atoms with E-state index < -0.39 is 21.3 Å². The maximum atomic E-state index is 13.2. The Balaban J connectivity index is 1.94. The fraction of sp³-hybridized carbons (Fsp3) is 0.765. The predicted molar refractivity (Wildman–Crippen MR) is 96.6 cm³/mol. The van der Waals surface area contributed by atoms with E-state index in [4.69, 9.17) is 4.74 Å². The van der Waals surface area contributed by atoms with Gasteiger partial charge in [0.15, 0.2) is 4.90 Å². The third-order valence-corrected chi connectivity index (χ3v) is 7.03. The quantitative estimate of drug-likeness (QED) is 0.709. The van der Waals surface area contributed by atoms with Gasteiger partial charge in [0.1, 0.15) is 0 Å². The summed E-state index contributed by atoms with van der Waals surface area (Å²) in [5.74, 6) is 0.403. The number of morpholine rings is 1. The van der Waals surface area contributed by atoms with E-state index in [-0.39, 0.29) is 30.2 Å². The normalized spacial score (nSPS) is 24.7. The first-order valence-electron chi connectivity index (χ1n) is 9.18. The molecular formula is C17H27N3O5S. The monoisotopic (exact) mass is 385 g/mol. The second kappa shape index (κ2) is 7.28. The standard InChI is InChI=1S/C17H27N3O5S/c1-4-5-6-13-9-20(10-14(25-13)12-7-8-12)26(23,24)15-11-18(2)17(22)19(3)16(15)21/h11-14H,4-10H2,1-3H3/t13-,14-/m1/s1. The molecule has 9 heteroatoms. The van der Waals surface area contributed by atoms with Crippen LogP contribution in [0.25, 0.3) is 0 Å². The molecule has 0 amide bonds. The number of rotatable bonds is 6. The van der Waals surface area contributed by atoms with Crippen molar-refractivity contribution in [1.29, 1.82) is 0 Å². The molecule has 3 rings (SSSR count). The highest BCUT2D eigenvalue weighted by Crippen LogP contribution is 2.38. The molecule has 2 aliphatic rings. The van der Waals surface area contributed by atoms with Crippen molar-refractivity contribution < 1.29 is 13.2 Å². The van der Waals surface area contributed by atoms with Crippen molar-refractivity contribution in [3.05, 3.63) is 27.0 Å². The molecule has 1 aliphatic heterocycles. The van der Waals surface area contributed by atoms with Crippen LogP contribution >= 0.6 is 0 Å². The van der Waals surface area contributed by atoms with E-state index in [9.17, 15) is 18.0 Å². The zero-order valence-electron chi connectivity index (χ0n) is 15.6. The number of aromatic nitrogens is 2. The average molecular weight is 385 g/mol. The summed E-state index contributed by atoms with van der Waals surface area (Å²) >= 11 is 0. The van der Waals surface area contributed by atoms with Crippen molar-refractivity contribution in [1.82, 2.24) is 13.4 Å². The molecule has 1 aromatic rings. The molecule has 1 saturated heterocycles. The van der Waals surface area contributed by atoms with Crippen LogP contribution in [0, 0.1) is 5.92 Å². The Labute approximate surface area is 153 Å². The van der Waals surface area contributed by atoms with E-state index in [1.54, 1.807) is 0 Å². The summed E-state index contributed by atoms with van der Waals surface area (Å²) in [6.45, 7) is 2.60. The maximum Gasteiger partial charge on any atom is 0.330 e. The van der Waals surface area contributed by atoms with Crippen LogP contribution in [0.15, 0.2) is 20.7 Å². The highest BCUT2D eigenvalue weighted by atomic mass is 32.2. The second-order valence-corrected chi connectivity index (χ2v) is 9.26. The van der Waals surface area contributed by atoms with Crippen LogP contribution in [0.2, 0.25) is 0 Å². The number of hydrogen-bond donors (Lipinski definition) is 0. The Morgan fingerprint density at radius 1 is 1.19 bits per heavy atom. The summed E-state index contributed by atoms with van der Waals surface area (Å²) in [6, 6.07) is 0. The highest BCUT2D eigenvalue weighted by Gasteiger charge is 2.42. The van der Waals surface area contributed by atoms with Gasteiger partial charge in [0.05, 0.1) is 12.2 Å². The van der Waals surface area contributed by atoms with E-state index in [2.05, 4.69) is 6.92 Å². The van der Waals surface area contributed by atoms with Gasteiger partial charge in [0, 0.05) is 33.4 Å². The number of nitrogens with zero attached hydrogens (tertiary/aromatic N) is 3. The molecule has 1 aromatic heterocycles. The first kappa shape index (κ1) is 19.3. The lowest BCUT2D eigenvalue weighted by molar-refractivity contribution is -0.0761. The Kier molecular flexibility index (Phi) is 5.41. The molecule has 26 heavy (non-hydrogen) atoms. The van der Waals surface area contributed by atoms with Gasteiger partial charge in [-0.25, -0.2) is 13.2 Å². The van der Waals surface area contributed by atoms with Gasteiger partial charge in [-0.15, -0.1) is 0 Å². The molecule has 0 N–H and O–H groups in total. The van der Waals surface area contributed by atoms with Crippen molar-refractivity contribution in [2.24, 2.45) is 20.0 Å². The van der Waals surface area contributed by atoms with Crippen molar-refractivity contribution in [2.75, 3.05) is 13.1 Å². The first-order valence-corrected chi connectivity index (χ1v) is 10.6. The molecule has 146 valence electrons. The molecule has 1 saturated carbocycles. The van der Waals surface area contributed by atoms with E-state index in [0.717, 1.165) is 47.4 Å². The van der Waals surface area contributed by atoms with E-state index >= 15 is 0 Å². The van der Waals surface area contributed by atoms with Crippen LogP contribution in [-0.2, 0) is 28.9 Å². The molecule has 1 aliphatic carbocycles. The summed E-state index contributed by atoms with van der Waals surface area (Å²) in [5.41, 5.74) is -1.33. The SMILES string of the molecule is CCCC[C@@H]1CN(S(=O)(=O)c2cn(C)c(=O)n(C)c2=O)C[C@H](C2CC2)O1. The van der Waals surface area contributed by atoms with Crippen LogP contribution < -0.4 is 11.2 Å². The largest absolute Gasteiger partial charge is 0.372 e. The van der Waals surface area contributed by atoms with Crippen LogP contribution in [0.1, 0.15) is 39.0 Å². The van der Waals surface area contributed by atoms with Gasteiger partial charge in [0.2, 0.25) is 10.0 Å². The fourth-order valence-electron chi connectivity index (χ4n) is 3.44. The first-order chi connectivity index (χ1) is 12.3. The van der Waals surface area contributed by atoms with E-state index in [1.165, 1.54) is 18.4 Å². The van der Waals surface area contributed by atoms with Gasteiger partial charge in [-0.2, -0.15) is 4.31 Å². The summed E-state index contributed by atoms with van der Waals surface area (Å²) in [6.07, 6.45) is 5.76. The molecule has 2 atom stereocenters. The summed E-state index contributed by atoms with van der Waals surface area (Å²) in [5, 5.41) is 0. The lowest BCUT2D eigenvalue weighted by Gasteiger charge is -2.37. The van der Waals surface area contributed by atoms with Crippen LogP contribution in [-0.4, -0.2) is 47.2 Å². The van der Waals surface area contributed by atoms with Gasteiger partial charge < -0.3 is 9.30 Å². The molecule has 0 spiro atoms. The van der Waals surface area contributed by atoms with Crippen LogP contribution in [0.5, 0.6) is 0 Å². The van der Waals surface area contributed by atoms with Crippen molar-refractivity contribution >= 4 is 10.0 Å². The Morgan fingerprint density at radius 2 is 1.88 bits per heavy atom. The number of aryl methyl sites for hydroxylation is 1. The lowest BCUT2D eigenvalue weighted by Crippen LogP contribution is -2.52. The number of ether oxygens (including phenoxy) is 1. The molecular weight excluding hydrogens is 358 g/mol.